The highest BCUT2D eigenvalue weighted by atomic mass is 35.5. The van der Waals surface area contributed by atoms with Gasteiger partial charge < -0.3 is 10.2 Å². The zero-order valence-electron chi connectivity index (χ0n) is 12.2. The third-order valence-electron chi connectivity index (χ3n) is 4.17. The molecule has 2 rings (SSSR count). The zero-order chi connectivity index (χ0) is 15.4. The van der Waals surface area contributed by atoms with Crippen molar-refractivity contribution < 1.29 is 15.0 Å². The average molecular weight is 312 g/mol. The molecule has 1 aliphatic rings. The molecule has 2 atom stereocenters. The maximum absolute atomic E-state index is 11.8. The standard InChI is InChI=1S/C16H22ClNO3/c1-11(19)15(13-9-5-6-10-14(13)17)18(16(20)21)12-7-3-2-4-8-12/h5-6,9-12,15,19H,2-4,7-8H2,1H3,(H,20,21)/t11-,15?/m0/s1. The molecule has 0 saturated heterocycles. The van der Waals surface area contributed by atoms with Crippen molar-refractivity contribution in [1.82, 2.24) is 4.90 Å². The monoisotopic (exact) mass is 311 g/mol. The highest BCUT2D eigenvalue weighted by Crippen LogP contribution is 2.35. The summed E-state index contributed by atoms with van der Waals surface area (Å²) in [4.78, 5) is 13.2. The fraction of sp³-hybridized carbons (Fsp3) is 0.562. The van der Waals surface area contributed by atoms with Gasteiger partial charge in [-0.15, -0.1) is 0 Å². The molecule has 1 saturated carbocycles. The van der Waals surface area contributed by atoms with E-state index < -0.39 is 18.2 Å². The van der Waals surface area contributed by atoms with E-state index in [0.29, 0.717) is 10.6 Å². The number of hydrogen-bond acceptors (Lipinski definition) is 2. The van der Waals surface area contributed by atoms with Crippen molar-refractivity contribution in [1.29, 1.82) is 0 Å². The van der Waals surface area contributed by atoms with Gasteiger partial charge in [0.05, 0.1) is 12.1 Å². The van der Waals surface area contributed by atoms with E-state index >= 15 is 0 Å². The van der Waals surface area contributed by atoms with Crippen molar-refractivity contribution in [2.75, 3.05) is 0 Å². The van der Waals surface area contributed by atoms with Crippen molar-refractivity contribution in [2.24, 2.45) is 0 Å². The van der Waals surface area contributed by atoms with E-state index in [1.165, 1.54) is 4.90 Å². The average Bonchev–Trinajstić information content (AvgIpc) is 2.46. The molecule has 21 heavy (non-hydrogen) atoms. The summed E-state index contributed by atoms with van der Waals surface area (Å²) >= 11 is 6.22. The summed E-state index contributed by atoms with van der Waals surface area (Å²) in [5, 5.41) is 20.3. The number of rotatable bonds is 4. The second-order valence-corrected chi connectivity index (χ2v) is 6.10. The number of amides is 1. The smallest absolute Gasteiger partial charge is 0.408 e. The lowest BCUT2D eigenvalue weighted by molar-refractivity contribution is 0.0256. The van der Waals surface area contributed by atoms with Crippen LogP contribution >= 0.6 is 11.6 Å². The van der Waals surface area contributed by atoms with Gasteiger partial charge in [-0.3, -0.25) is 4.90 Å². The molecule has 2 N–H and O–H groups in total. The number of nitrogens with zero attached hydrogens (tertiary/aromatic N) is 1. The predicted molar refractivity (Wildman–Crippen MR) is 82.6 cm³/mol. The molecule has 5 heteroatoms. The van der Waals surface area contributed by atoms with Gasteiger partial charge in [0.15, 0.2) is 0 Å². The summed E-state index contributed by atoms with van der Waals surface area (Å²) in [5.41, 5.74) is 0.669. The largest absolute Gasteiger partial charge is 0.465 e. The summed E-state index contributed by atoms with van der Waals surface area (Å²) in [7, 11) is 0. The Hall–Kier alpha value is -1.26. The van der Waals surface area contributed by atoms with Crippen LogP contribution in [0.25, 0.3) is 0 Å². The first-order valence-corrected chi connectivity index (χ1v) is 7.84. The van der Waals surface area contributed by atoms with Gasteiger partial charge in [-0.2, -0.15) is 0 Å². The first-order chi connectivity index (χ1) is 10.0. The normalized spacial score (nSPS) is 19.0. The second kappa shape index (κ2) is 7.14. The van der Waals surface area contributed by atoms with Crippen LogP contribution in [0.15, 0.2) is 24.3 Å². The SMILES string of the molecule is C[C@H](O)C(c1ccccc1Cl)N(C(=O)O)C1CCCCC1. The molecule has 0 radical (unpaired) electrons. The van der Waals surface area contributed by atoms with E-state index in [4.69, 9.17) is 11.6 Å². The summed E-state index contributed by atoms with van der Waals surface area (Å²) < 4.78 is 0. The first-order valence-electron chi connectivity index (χ1n) is 7.46. The van der Waals surface area contributed by atoms with Crippen molar-refractivity contribution in [3.05, 3.63) is 34.9 Å². The van der Waals surface area contributed by atoms with Crippen LogP contribution < -0.4 is 0 Å². The molecule has 0 aliphatic heterocycles. The van der Waals surface area contributed by atoms with Crippen molar-refractivity contribution in [3.8, 4) is 0 Å². The molecule has 1 aliphatic carbocycles. The van der Waals surface area contributed by atoms with Crippen LogP contribution in [0.3, 0.4) is 0 Å². The maximum Gasteiger partial charge on any atom is 0.408 e. The summed E-state index contributed by atoms with van der Waals surface area (Å²) in [6.07, 6.45) is 3.10. The van der Waals surface area contributed by atoms with Gasteiger partial charge in [-0.25, -0.2) is 4.79 Å². The van der Waals surface area contributed by atoms with E-state index in [0.717, 1.165) is 32.1 Å². The number of halogens is 1. The van der Waals surface area contributed by atoms with Crippen LogP contribution in [0.5, 0.6) is 0 Å². The molecule has 1 amide bonds. The molecule has 4 nitrogen and oxygen atoms in total. The van der Waals surface area contributed by atoms with Crippen molar-refractivity contribution in [3.63, 3.8) is 0 Å². The Morgan fingerprint density at radius 2 is 1.90 bits per heavy atom. The third-order valence-corrected chi connectivity index (χ3v) is 4.51. The van der Waals surface area contributed by atoms with E-state index in [1.807, 2.05) is 6.07 Å². The highest BCUT2D eigenvalue weighted by Gasteiger charge is 2.36. The number of aliphatic hydroxyl groups is 1. The maximum atomic E-state index is 11.8. The van der Waals surface area contributed by atoms with Crippen molar-refractivity contribution in [2.45, 2.75) is 57.2 Å². The molecule has 1 aromatic carbocycles. The second-order valence-electron chi connectivity index (χ2n) is 5.69. The number of carbonyl (C=O) groups is 1. The van der Waals surface area contributed by atoms with Crippen LogP contribution in [0.2, 0.25) is 5.02 Å². The number of benzene rings is 1. The van der Waals surface area contributed by atoms with E-state index in [-0.39, 0.29) is 6.04 Å². The molecule has 1 fully saturated rings. The molecular weight excluding hydrogens is 290 g/mol. The Kier molecular flexibility index (Phi) is 5.48. The van der Waals surface area contributed by atoms with Gasteiger partial charge in [0, 0.05) is 11.1 Å². The molecule has 0 bridgehead atoms. The minimum atomic E-state index is -0.993. The fourth-order valence-electron chi connectivity index (χ4n) is 3.22. The first kappa shape index (κ1) is 16.1. The Morgan fingerprint density at radius 3 is 2.43 bits per heavy atom. The Labute approximate surface area is 130 Å². The summed E-state index contributed by atoms with van der Waals surface area (Å²) in [6, 6.07) is 6.46. The van der Waals surface area contributed by atoms with E-state index in [2.05, 4.69) is 0 Å². The highest BCUT2D eigenvalue weighted by molar-refractivity contribution is 6.31. The number of hydrogen-bond donors (Lipinski definition) is 2. The molecule has 0 aromatic heterocycles. The quantitative estimate of drug-likeness (QED) is 0.881. The van der Waals surface area contributed by atoms with Crippen LogP contribution in [0.1, 0.15) is 50.6 Å². The number of carboxylic acid groups (broad SMARTS) is 1. The third kappa shape index (κ3) is 3.69. The minimum Gasteiger partial charge on any atom is -0.465 e. The lowest BCUT2D eigenvalue weighted by Crippen LogP contribution is -2.46. The van der Waals surface area contributed by atoms with Gasteiger partial charge in [0.25, 0.3) is 0 Å². The summed E-state index contributed by atoms with van der Waals surface area (Å²) in [6.45, 7) is 1.62. The number of aliphatic hydroxyl groups excluding tert-OH is 1. The van der Waals surface area contributed by atoms with Crippen LogP contribution in [-0.4, -0.2) is 33.4 Å². The van der Waals surface area contributed by atoms with Crippen molar-refractivity contribution >= 4 is 17.7 Å². The Morgan fingerprint density at radius 1 is 1.29 bits per heavy atom. The Balaban J connectivity index is 2.37. The van der Waals surface area contributed by atoms with Gasteiger partial charge in [-0.05, 0) is 31.4 Å². The van der Waals surface area contributed by atoms with Gasteiger partial charge in [0.2, 0.25) is 0 Å². The molecule has 0 spiro atoms. The van der Waals surface area contributed by atoms with E-state index in [1.54, 1.807) is 25.1 Å². The topological polar surface area (TPSA) is 60.8 Å². The molecule has 1 unspecified atom stereocenters. The zero-order valence-corrected chi connectivity index (χ0v) is 13.0. The fourth-order valence-corrected chi connectivity index (χ4v) is 3.47. The minimum absolute atomic E-state index is 0.0490. The van der Waals surface area contributed by atoms with Gasteiger partial charge >= 0.3 is 6.09 Å². The predicted octanol–water partition coefficient (Wildman–Crippen LogP) is 4.07. The molecule has 0 heterocycles. The lowest BCUT2D eigenvalue weighted by atomic mass is 9.91. The Bertz CT molecular complexity index is 486. The molecule has 116 valence electrons. The van der Waals surface area contributed by atoms with Gasteiger partial charge in [0.1, 0.15) is 0 Å². The molecule has 1 aromatic rings. The lowest BCUT2D eigenvalue weighted by Gasteiger charge is -2.39. The summed E-state index contributed by atoms with van der Waals surface area (Å²) in [5.74, 6) is 0. The van der Waals surface area contributed by atoms with Gasteiger partial charge in [-0.1, -0.05) is 49.1 Å². The molecular formula is C16H22ClNO3. The van der Waals surface area contributed by atoms with Crippen LogP contribution in [0, 0.1) is 0 Å². The van der Waals surface area contributed by atoms with Crippen LogP contribution in [-0.2, 0) is 0 Å². The van der Waals surface area contributed by atoms with Crippen LogP contribution in [0.4, 0.5) is 4.79 Å². The van der Waals surface area contributed by atoms with E-state index in [9.17, 15) is 15.0 Å².